The molecule has 1 aromatic heterocycles. The molecule has 6 heteroatoms. The molecule has 1 aliphatic heterocycles. The van der Waals surface area contributed by atoms with Crippen molar-refractivity contribution >= 4 is 5.69 Å². The molecule has 1 aliphatic rings. The molecule has 0 bridgehead atoms. The van der Waals surface area contributed by atoms with Crippen LogP contribution in [0.2, 0.25) is 0 Å². The summed E-state index contributed by atoms with van der Waals surface area (Å²) < 4.78 is 43.7. The molecule has 2 aromatic rings. The standard InChI is InChI=1S/C17H17F3N2O/c1-12-9-16(17(18,19)20)21-11-15(12)23-14-6-4-5-13(10-14)22-7-2-3-8-22/h4-6,9-11H,2-3,7-8H2,1H3. The molecule has 0 aliphatic carbocycles. The first-order valence-electron chi connectivity index (χ1n) is 7.50. The van der Waals surface area contributed by atoms with E-state index in [1.807, 2.05) is 18.2 Å². The van der Waals surface area contributed by atoms with Crippen molar-refractivity contribution in [2.75, 3.05) is 18.0 Å². The van der Waals surface area contributed by atoms with E-state index < -0.39 is 11.9 Å². The molecule has 2 heterocycles. The van der Waals surface area contributed by atoms with Crippen LogP contribution in [0.1, 0.15) is 24.1 Å². The summed E-state index contributed by atoms with van der Waals surface area (Å²) in [7, 11) is 0. The van der Waals surface area contributed by atoms with E-state index in [1.54, 1.807) is 13.0 Å². The second kappa shape index (κ2) is 6.10. The third-order valence-electron chi connectivity index (χ3n) is 3.87. The van der Waals surface area contributed by atoms with Gasteiger partial charge in [-0.05, 0) is 43.5 Å². The zero-order valence-electron chi connectivity index (χ0n) is 12.7. The van der Waals surface area contributed by atoms with Crippen LogP contribution in [0.3, 0.4) is 0 Å². The minimum atomic E-state index is -4.45. The van der Waals surface area contributed by atoms with Crippen LogP contribution in [-0.4, -0.2) is 18.1 Å². The predicted molar refractivity (Wildman–Crippen MR) is 81.9 cm³/mol. The van der Waals surface area contributed by atoms with Crippen molar-refractivity contribution in [3.05, 3.63) is 47.8 Å². The van der Waals surface area contributed by atoms with Gasteiger partial charge in [0.25, 0.3) is 0 Å². The minimum absolute atomic E-state index is 0.330. The molecule has 0 N–H and O–H groups in total. The molecule has 3 nitrogen and oxygen atoms in total. The number of aromatic nitrogens is 1. The third kappa shape index (κ3) is 3.57. The maximum atomic E-state index is 12.6. The van der Waals surface area contributed by atoms with Gasteiger partial charge in [-0.3, -0.25) is 0 Å². The molecule has 0 spiro atoms. The predicted octanol–water partition coefficient (Wildman–Crippen LogP) is 4.80. The number of ether oxygens (including phenoxy) is 1. The van der Waals surface area contributed by atoms with Crippen LogP contribution in [0.25, 0.3) is 0 Å². The zero-order chi connectivity index (χ0) is 16.4. The zero-order valence-corrected chi connectivity index (χ0v) is 12.7. The maximum Gasteiger partial charge on any atom is 0.433 e. The summed E-state index contributed by atoms with van der Waals surface area (Å²) in [6.45, 7) is 3.62. The second-order valence-corrected chi connectivity index (χ2v) is 5.63. The van der Waals surface area contributed by atoms with Crippen LogP contribution in [0.5, 0.6) is 11.5 Å². The van der Waals surface area contributed by atoms with E-state index in [-0.39, 0.29) is 0 Å². The highest BCUT2D eigenvalue weighted by molar-refractivity contribution is 5.52. The lowest BCUT2D eigenvalue weighted by Crippen LogP contribution is -2.17. The second-order valence-electron chi connectivity index (χ2n) is 5.63. The normalized spacial score (nSPS) is 15.0. The largest absolute Gasteiger partial charge is 0.455 e. The van der Waals surface area contributed by atoms with Gasteiger partial charge in [-0.2, -0.15) is 13.2 Å². The van der Waals surface area contributed by atoms with Gasteiger partial charge in [0.2, 0.25) is 0 Å². The fourth-order valence-corrected chi connectivity index (χ4v) is 2.65. The van der Waals surface area contributed by atoms with E-state index in [2.05, 4.69) is 9.88 Å². The van der Waals surface area contributed by atoms with Crippen molar-refractivity contribution in [2.24, 2.45) is 0 Å². The first-order valence-corrected chi connectivity index (χ1v) is 7.50. The molecular weight excluding hydrogens is 305 g/mol. The van der Waals surface area contributed by atoms with Gasteiger partial charge in [0.1, 0.15) is 17.2 Å². The molecule has 1 fully saturated rings. The smallest absolute Gasteiger partial charge is 0.433 e. The summed E-state index contributed by atoms with van der Waals surface area (Å²) in [5, 5.41) is 0. The van der Waals surface area contributed by atoms with Crippen LogP contribution in [0, 0.1) is 6.92 Å². The van der Waals surface area contributed by atoms with Gasteiger partial charge < -0.3 is 9.64 Å². The van der Waals surface area contributed by atoms with Crippen molar-refractivity contribution in [3.63, 3.8) is 0 Å². The van der Waals surface area contributed by atoms with E-state index in [4.69, 9.17) is 4.74 Å². The Labute approximate surface area is 132 Å². The lowest BCUT2D eigenvalue weighted by atomic mass is 10.2. The lowest BCUT2D eigenvalue weighted by molar-refractivity contribution is -0.141. The molecule has 0 radical (unpaired) electrons. The van der Waals surface area contributed by atoms with Crippen molar-refractivity contribution < 1.29 is 17.9 Å². The quantitative estimate of drug-likeness (QED) is 0.811. The summed E-state index contributed by atoms with van der Waals surface area (Å²) in [4.78, 5) is 5.71. The van der Waals surface area contributed by atoms with Crippen LogP contribution < -0.4 is 9.64 Å². The van der Waals surface area contributed by atoms with E-state index in [9.17, 15) is 13.2 Å². The molecular formula is C17H17F3N2O. The van der Waals surface area contributed by atoms with Crippen LogP contribution in [0.15, 0.2) is 36.5 Å². The van der Waals surface area contributed by atoms with Gasteiger partial charge in [0.05, 0.1) is 6.20 Å². The number of anilines is 1. The van der Waals surface area contributed by atoms with Crippen LogP contribution in [-0.2, 0) is 6.18 Å². The van der Waals surface area contributed by atoms with Crippen molar-refractivity contribution in [3.8, 4) is 11.5 Å². The van der Waals surface area contributed by atoms with Crippen molar-refractivity contribution in [1.82, 2.24) is 4.98 Å². The fraction of sp³-hybridized carbons (Fsp3) is 0.353. The number of rotatable bonds is 3. The van der Waals surface area contributed by atoms with Gasteiger partial charge >= 0.3 is 6.18 Å². The molecule has 122 valence electrons. The molecule has 0 saturated carbocycles. The van der Waals surface area contributed by atoms with Gasteiger partial charge in [-0.15, -0.1) is 0 Å². The molecule has 0 atom stereocenters. The third-order valence-corrected chi connectivity index (χ3v) is 3.87. The van der Waals surface area contributed by atoms with Gasteiger partial charge in [-0.1, -0.05) is 6.07 Å². The number of pyridine rings is 1. The highest BCUT2D eigenvalue weighted by atomic mass is 19.4. The molecule has 23 heavy (non-hydrogen) atoms. The molecule has 0 unspecified atom stereocenters. The van der Waals surface area contributed by atoms with Crippen molar-refractivity contribution in [1.29, 1.82) is 0 Å². The van der Waals surface area contributed by atoms with E-state index >= 15 is 0 Å². The fourth-order valence-electron chi connectivity index (χ4n) is 2.65. The van der Waals surface area contributed by atoms with E-state index in [1.165, 1.54) is 12.8 Å². The SMILES string of the molecule is Cc1cc(C(F)(F)F)ncc1Oc1cccc(N2CCCC2)c1. The summed E-state index contributed by atoms with van der Waals surface area (Å²) in [6, 6.07) is 8.59. The van der Waals surface area contributed by atoms with Gasteiger partial charge in [0, 0.05) is 24.8 Å². The average Bonchev–Trinajstić information content (AvgIpc) is 3.03. The van der Waals surface area contributed by atoms with Crippen LogP contribution in [0.4, 0.5) is 18.9 Å². The Bertz CT molecular complexity index is 694. The average molecular weight is 322 g/mol. The van der Waals surface area contributed by atoms with Gasteiger partial charge in [0.15, 0.2) is 0 Å². The highest BCUT2D eigenvalue weighted by Gasteiger charge is 2.32. The minimum Gasteiger partial charge on any atom is -0.455 e. The number of alkyl halides is 3. The van der Waals surface area contributed by atoms with Crippen LogP contribution >= 0.6 is 0 Å². The van der Waals surface area contributed by atoms with E-state index in [0.29, 0.717) is 17.1 Å². The first-order chi connectivity index (χ1) is 10.9. The maximum absolute atomic E-state index is 12.6. The number of hydrogen-bond donors (Lipinski definition) is 0. The molecule has 1 saturated heterocycles. The number of nitrogens with zero attached hydrogens (tertiary/aromatic N) is 2. The van der Waals surface area contributed by atoms with Crippen molar-refractivity contribution in [2.45, 2.75) is 25.9 Å². The topological polar surface area (TPSA) is 25.4 Å². The summed E-state index contributed by atoms with van der Waals surface area (Å²) in [5.41, 5.74) is 0.560. The summed E-state index contributed by atoms with van der Waals surface area (Å²) in [6.07, 6.45) is -0.973. The number of aryl methyl sites for hydroxylation is 1. The lowest BCUT2D eigenvalue weighted by Gasteiger charge is -2.18. The Hall–Kier alpha value is -2.24. The first kappa shape index (κ1) is 15.6. The monoisotopic (exact) mass is 322 g/mol. The Morgan fingerprint density at radius 3 is 2.52 bits per heavy atom. The number of halogens is 3. The van der Waals surface area contributed by atoms with Gasteiger partial charge in [-0.25, -0.2) is 4.98 Å². The number of benzene rings is 1. The Morgan fingerprint density at radius 1 is 1.13 bits per heavy atom. The highest BCUT2D eigenvalue weighted by Crippen LogP contribution is 2.33. The number of hydrogen-bond acceptors (Lipinski definition) is 3. The molecule has 3 rings (SSSR count). The Balaban J connectivity index is 1.80. The molecule has 0 amide bonds. The van der Waals surface area contributed by atoms with E-state index in [0.717, 1.165) is 31.0 Å². The Kier molecular flexibility index (Phi) is 4.15. The molecule has 1 aromatic carbocycles. The summed E-state index contributed by atoms with van der Waals surface area (Å²) >= 11 is 0. The Morgan fingerprint density at radius 2 is 1.87 bits per heavy atom. The summed E-state index contributed by atoms with van der Waals surface area (Å²) in [5.74, 6) is 0.927.